The third-order valence-electron chi connectivity index (χ3n) is 2.82. The van der Waals surface area contributed by atoms with Crippen molar-refractivity contribution in [1.29, 1.82) is 0 Å². The number of nitrogens with two attached hydrogens (primary N) is 1. The molecule has 0 bridgehead atoms. The van der Waals surface area contributed by atoms with Crippen LogP contribution in [0.3, 0.4) is 0 Å². The molecule has 1 aliphatic carbocycles. The van der Waals surface area contributed by atoms with Crippen LogP contribution in [0.1, 0.15) is 33.6 Å². The van der Waals surface area contributed by atoms with E-state index >= 15 is 0 Å². The lowest BCUT2D eigenvalue weighted by Gasteiger charge is -2.21. The number of hydrogen-bond donors (Lipinski definition) is 2. The number of rotatable bonds is 3. The maximum atomic E-state index is 5.44. The fraction of sp³-hybridized carbons (Fsp3) is 0.889. The quantitative estimate of drug-likeness (QED) is 0.289. The van der Waals surface area contributed by atoms with E-state index in [9.17, 15) is 0 Å². The molecule has 0 radical (unpaired) electrons. The fourth-order valence-electron chi connectivity index (χ4n) is 1.73. The highest BCUT2D eigenvalue weighted by atomic mass is 15.3. The molecule has 0 aromatic heterocycles. The van der Waals surface area contributed by atoms with Crippen molar-refractivity contribution in [3.63, 3.8) is 0 Å². The van der Waals surface area contributed by atoms with E-state index in [1.165, 1.54) is 12.8 Å². The summed E-state index contributed by atoms with van der Waals surface area (Å²) in [6, 6.07) is 0. The van der Waals surface area contributed by atoms with Gasteiger partial charge in [-0.15, -0.1) is 0 Å². The van der Waals surface area contributed by atoms with Gasteiger partial charge in [0.25, 0.3) is 0 Å². The highest BCUT2D eigenvalue weighted by molar-refractivity contribution is 5.90. The molecule has 1 aliphatic rings. The molecule has 0 saturated heterocycles. The van der Waals surface area contributed by atoms with Crippen molar-refractivity contribution >= 4 is 5.84 Å². The van der Waals surface area contributed by atoms with Crippen LogP contribution in [0.25, 0.3) is 0 Å². The Morgan fingerprint density at radius 2 is 2.17 bits per heavy atom. The van der Waals surface area contributed by atoms with Crippen molar-refractivity contribution in [1.82, 2.24) is 5.43 Å². The van der Waals surface area contributed by atoms with Crippen molar-refractivity contribution in [2.45, 2.75) is 33.6 Å². The summed E-state index contributed by atoms with van der Waals surface area (Å²) in [6.07, 6.45) is 2.46. The van der Waals surface area contributed by atoms with Crippen molar-refractivity contribution in [2.75, 3.05) is 6.54 Å². The predicted molar refractivity (Wildman–Crippen MR) is 51.8 cm³/mol. The van der Waals surface area contributed by atoms with Gasteiger partial charge in [0.1, 0.15) is 5.84 Å². The molecule has 12 heavy (non-hydrogen) atoms. The van der Waals surface area contributed by atoms with Gasteiger partial charge in [-0.2, -0.15) is 0 Å². The van der Waals surface area contributed by atoms with Crippen molar-refractivity contribution in [2.24, 2.45) is 22.2 Å². The lowest BCUT2D eigenvalue weighted by molar-refractivity contribution is 0.464. The van der Waals surface area contributed by atoms with Crippen molar-refractivity contribution < 1.29 is 0 Å². The first-order valence-electron chi connectivity index (χ1n) is 4.69. The van der Waals surface area contributed by atoms with Gasteiger partial charge in [0, 0.05) is 12.0 Å². The summed E-state index contributed by atoms with van der Waals surface area (Å²) in [6.45, 7) is 7.31. The zero-order valence-corrected chi connectivity index (χ0v) is 8.22. The number of hydrogen-bond acceptors (Lipinski definition) is 2. The Bertz CT molecular complexity index is 180. The molecule has 1 fully saturated rings. The van der Waals surface area contributed by atoms with E-state index in [1.54, 1.807) is 0 Å². The van der Waals surface area contributed by atoms with Crippen LogP contribution in [0.5, 0.6) is 0 Å². The maximum absolute atomic E-state index is 5.44. The van der Waals surface area contributed by atoms with Gasteiger partial charge in [-0.1, -0.05) is 13.8 Å². The minimum Gasteiger partial charge on any atom is -0.312 e. The van der Waals surface area contributed by atoms with Gasteiger partial charge in [-0.3, -0.25) is 4.99 Å². The molecule has 1 rings (SSSR count). The van der Waals surface area contributed by atoms with E-state index in [-0.39, 0.29) is 5.41 Å². The average molecular weight is 169 g/mol. The van der Waals surface area contributed by atoms with Crippen LogP contribution in [-0.2, 0) is 0 Å². The van der Waals surface area contributed by atoms with Gasteiger partial charge in [-0.05, 0) is 25.7 Å². The minimum absolute atomic E-state index is 0.282. The van der Waals surface area contributed by atoms with Crippen LogP contribution in [0, 0.1) is 11.3 Å². The Labute approximate surface area is 74.4 Å². The van der Waals surface area contributed by atoms with E-state index < -0.39 is 0 Å². The summed E-state index contributed by atoms with van der Waals surface area (Å²) in [4.78, 5) is 4.38. The average Bonchev–Trinajstić information content (AvgIpc) is 2.80. The third kappa shape index (κ3) is 1.46. The van der Waals surface area contributed by atoms with Gasteiger partial charge in [0.2, 0.25) is 0 Å². The van der Waals surface area contributed by atoms with E-state index in [1.807, 2.05) is 6.92 Å². The molecule has 70 valence electrons. The van der Waals surface area contributed by atoms with Gasteiger partial charge in [0.15, 0.2) is 0 Å². The second kappa shape index (κ2) is 3.44. The van der Waals surface area contributed by atoms with E-state index in [0.29, 0.717) is 5.92 Å². The van der Waals surface area contributed by atoms with Gasteiger partial charge in [0.05, 0.1) is 0 Å². The first-order chi connectivity index (χ1) is 5.67. The van der Waals surface area contributed by atoms with Crippen molar-refractivity contribution in [3.8, 4) is 0 Å². The van der Waals surface area contributed by atoms with Crippen LogP contribution in [0.15, 0.2) is 4.99 Å². The molecule has 0 aromatic rings. The number of nitrogens with one attached hydrogen (secondary N) is 1. The Morgan fingerprint density at radius 1 is 1.58 bits per heavy atom. The molecule has 3 heteroatoms. The number of hydrazine groups is 1. The molecule has 3 nitrogen and oxygen atoms in total. The molecular weight excluding hydrogens is 150 g/mol. The lowest BCUT2D eigenvalue weighted by atomic mass is 9.91. The monoisotopic (exact) mass is 169 g/mol. The summed E-state index contributed by atoms with van der Waals surface area (Å²) in [7, 11) is 0. The van der Waals surface area contributed by atoms with Crippen LogP contribution in [-0.4, -0.2) is 12.4 Å². The normalized spacial score (nSPS) is 21.2. The van der Waals surface area contributed by atoms with Gasteiger partial charge < -0.3 is 5.43 Å². The zero-order chi connectivity index (χ0) is 9.19. The summed E-state index contributed by atoms with van der Waals surface area (Å²) in [5, 5.41) is 0. The molecule has 0 unspecified atom stereocenters. The fourth-order valence-corrected chi connectivity index (χ4v) is 1.73. The molecule has 0 aromatic carbocycles. The summed E-state index contributed by atoms with van der Waals surface area (Å²) < 4.78 is 0. The number of amidine groups is 1. The number of aliphatic imine (C=N–C) groups is 1. The maximum Gasteiger partial charge on any atom is 0.117 e. The Balaban J connectivity index is 2.72. The zero-order valence-electron chi connectivity index (χ0n) is 8.22. The molecule has 0 amide bonds. The lowest BCUT2D eigenvalue weighted by Crippen LogP contribution is -2.39. The highest BCUT2D eigenvalue weighted by Gasteiger charge is 2.49. The highest BCUT2D eigenvalue weighted by Crippen LogP contribution is 2.52. The molecular formula is C9H19N3. The van der Waals surface area contributed by atoms with E-state index in [2.05, 4.69) is 24.3 Å². The molecule has 0 atom stereocenters. The minimum atomic E-state index is 0.282. The summed E-state index contributed by atoms with van der Waals surface area (Å²) >= 11 is 0. The largest absolute Gasteiger partial charge is 0.312 e. The van der Waals surface area contributed by atoms with Crippen LogP contribution in [0.4, 0.5) is 0 Å². The smallest absolute Gasteiger partial charge is 0.117 e. The standard InChI is InChI=1S/C9H19N3/c1-4-11-8(12-10)9(5-6-9)7(2)3/h7H,4-6,10H2,1-3H3,(H,11,12). The number of nitrogens with zero attached hydrogens (tertiary/aromatic N) is 1. The van der Waals surface area contributed by atoms with E-state index in [0.717, 1.165) is 12.4 Å². The second-order valence-corrected chi connectivity index (χ2v) is 3.78. The first-order valence-corrected chi connectivity index (χ1v) is 4.69. The molecule has 0 spiro atoms. The molecule has 1 saturated carbocycles. The summed E-state index contributed by atoms with van der Waals surface area (Å²) in [5.74, 6) is 7.08. The Morgan fingerprint density at radius 3 is 2.42 bits per heavy atom. The SMILES string of the molecule is CCN=C(NN)C1(C(C)C)CC1. The Hall–Kier alpha value is -0.570. The van der Waals surface area contributed by atoms with E-state index in [4.69, 9.17) is 5.84 Å². The van der Waals surface area contributed by atoms with Crippen molar-refractivity contribution in [3.05, 3.63) is 0 Å². The van der Waals surface area contributed by atoms with Crippen LogP contribution < -0.4 is 11.3 Å². The topological polar surface area (TPSA) is 50.4 Å². The van der Waals surface area contributed by atoms with Gasteiger partial charge in [-0.25, -0.2) is 5.84 Å². The Kier molecular flexibility index (Phi) is 2.73. The van der Waals surface area contributed by atoms with Crippen LogP contribution in [0.2, 0.25) is 0 Å². The van der Waals surface area contributed by atoms with Crippen LogP contribution >= 0.6 is 0 Å². The van der Waals surface area contributed by atoms with Gasteiger partial charge >= 0.3 is 0 Å². The first kappa shape index (κ1) is 9.52. The molecule has 3 N–H and O–H groups in total. The second-order valence-electron chi connectivity index (χ2n) is 3.78. The summed E-state index contributed by atoms with van der Waals surface area (Å²) in [5.41, 5.74) is 3.02. The molecule has 0 aliphatic heterocycles. The molecule has 0 heterocycles. The predicted octanol–water partition coefficient (Wildman–Crippen LogP) is 1.30. The third-order valence-corrected chi connectivity index (χ3v) is 2.82.